The third kappa shape index (κ3) is 3.14. The average Bonchev–Trinajstić information content (AvgIpc) is 2.73. The van der Waals surface area contributed by atoms with Gasteiger partial charge in [0.1, 0.15) is 0 Å². The van der Waals surface area contributed by atoms with Gasteiger partial charge in [0.15, 0.2) is 5.13 Å². The van der Waals surface area contributed by atoms with Crippen LogP contribution in [0.2, 0.25) is 0 Å². The van der Waals surface area contributed by atoms with E-state index in [0.29, 0.717) is 11.8 Å². The zero-order valence-corrected chi connectivity index (χ0v) is 12.2. The molecule has 1 aromatic rings. The zero-order chi connectivity index (χ0) is 12.3. The van der Waals surface area contributed by atoms with Gasteiger partial charge in [0.05, 0.1) is 5.69 Å². The number of nitrogens with zero attached hydrogens (tertiary/aromatic N) is 2. The second-order valence-electron chi connectivity index (χ2n) is 4.45. The van der Waals surface area contributed by atoms with E-state index in [9.17, 15) is 0 Å². The Morgan fingerprint density at radius 1 is 1.53 bits per heavy atom. The van der Waals surface area contributed by atoms with Crippen molar-refractivity contribution in [3.63, 3.8) is 0 Å². The maximum absolute atomic E-state index is 5.80. The van der Waals surface area contributed by atoms with Crippen LogP contribution in [-0.2, 0) is 13.0 Å². The summed E-state index contributed by atoms with van der Waals surface area (Å²) in [6.07, 6.45) is 2.20. The van der Waals surface area contributed by atoms with E-state index < -0.39 is 0 Å². The van der Waals surface area contributed by atoms with Crippen molar-refractivity contribution in [1.82, 2.24) is 4.98 Å². The number of aryl methyl sites for hydroxylation is 1. The van der Waals surface area contributed by atoms with E-state index in [2.05, 4.69) is 30.5 Å². The first-order chi connectivity index (χ1) is 8.24. The van der Waals surface area contributed by atoms with Crippen LogP contribution < -0.4 is 10.6 Å². The van der Waals surface area contributed by atoms with Crippen molar-refractivity contribution < 1.29 is 0 Å². The molecule has 1 aliphatic rings. The van der Waals surface area contributed by atoms with Gasteiger partial charge in [0, 0.05) is 35.5 Å². The molecule has 0 aliphatic carbocycles. The molecule has 0 spiro atoms. The molecule has 3 nitrogen and oxygen atoms in total. The van der Waals surface area contributed by atoms with Crippen molar-refractivity contribution in [2.45, 2.75) is 38.5 Å². The fourth-order valence-electron chi connectivity index (χ4n) is 2.09. The summed E-state index contributed by atoms with van der Waals surface area (Å²) in [6.45, 7) is 7.36. The zero-order valence-electron chi connectivity index (χ0n) is 10.6. The SMILES string of the molecule is CCCc1nc(N2CCSC(C)C2)sc1CN. The van der Waals surface area contributed by atoms with Crippen molar-refractivity contribution in [3.8, 4) is 0 Å². The van der Waals surface area contributed by atoms with Crippen molar-refractivity contribution in [2.75, 3.05) is 23.7 Å². The molecule has 0 bridgehead atoms. The molecule has 0 saturated carbocycles. The number of aromatic nitrogens is 1. The summed E-state index contributed by atoms with van der Waals surface area (Å²) in [6, 6.07) is 0. The van der Waals surface area contributed by atoms with Crippen LogP contribution in [0.1, 0.15) is 30.8 Å². The molecule has 0 amide bonds. The molecule has 1 unspecified atom stereocenters. The lowest BCUT2D eigenvalue weighted by atomic mass is 10.2. The highest BCUT2D eigenvalue weighted by molar-refractivity contribution is 8.00. The number of anilines is 1. The summed E-state index contributed by atoms with van der Waals surface area (Å²) >= 11 is 3.84. The first-order valence-electron chi connectivity index (χ1n) is 6.29. The van der Waals surface area contributed by atoms with Crippen LogP contribution in [0.25, 0.3) is 0 Å². The number of nitrogens with two attached hydrogens (primary N) is 1. The van der Waals surface area contributed by atoms with Crippen LogP contribution in [-0.4, -0.2) is 29.1 Å². The lowest BCUT2D eigenvalue weighted by Crippen LogP contribution is -2.36. The number of thiazole rings is 1. The van der Waals surface area contributed by atoms with Crippen molar-refractivity contribution >= 4 is 28.2 Å². The number of hydrogen-bond donors (Lipinski definition) is 1. The predicted octanol–water partition coefficient (Wildman–Crippen LogP) is 2.50. The Balaban J connectivity index is 2.14. The minimum absolute atomic E-state index is 0.630. The van der Waals surface area contributed by atoms with Crippen LogP contribution in [0, 0.1) is 0 Å². The van der Waals surface area contributed by atoms with Gasteiger partial charge in [0.25, 0.3) is 0 Å². The summed E-state index contributed by atoms with van der Waals surface area (Å²) in [7, 11) is 0. The number of rotatable bonds is 4. The van der Waals surface area contributed by atoms with Gasteiger partial charge in [0.2, 0.25) is 0 Å². The van der Waals surface area contributed by atoms with Crippen LogP contribution in [0.3, 0.4) is 0 Å². The third-order valence-corrected chi connectivity index (χ3v) is 5.27. The molecule has 1 atom stereocenters. The molecular formula is C12H21N3S2. The van der Waals surface area contributed by atoms with E-state index in [1.165, 1.54) is 21.5 Å². The fourth-order valence-corrected chi connectivity index (χ4v) is 4.12. The highest BCUT2D eigenvalue weighted by atomic mass is 32.2. The highest BCUT2D eigenvalue weighted by Gasteiger charge is 2.20. The Bertz CT molecular complexity index is 365. The smallest absolute Gasteiger partial charge is 0.185 e. The van der Waals surface area contributed by atoms with Gasteiger partial charge in [-0.1, -0.05) is 20.3 Å². The Labute approximate surface area is 112 Å². The minimum atomic E-state index is 0.630. The second-order valence-corrected chi connectivity index (χ2v) is 7.06. The van der Waals surface area contributed by atoms with Crippen LogP contribution in [0.15, 0.2) is 0 Å². The van der Waals surface area contributed by atoms with E-state index in [4.69, 9.17) is 10.7 Å². The van der Waals surface area contributed by atoms with E-state index in [0.717, 1.165) is 25.9 Å². The molecule has 2 heterocycles. The largest absolute Gasteiger partial charge is 0.346 e. The maximum Gasteiger partial charge on any atom is 0.185 e. The van der Waals surface area contributed by atoms with Crippen molar-refractivity contribution in [2.24, 2.45) is 5.73 Å². The first-order valence-corrected chi connectivity index (χ1v) is 8.16. The van der Waals surface area contributed by atoms with Crippen molar-refractivity contribution in [1.29, 1.82) is 0 Å². The first kappa shape index (κ1) is 13.2. The third-order valence-electron chi connectivity index (χ3n) is 2.95. The lowest BCUT2D eigenvalue weighted by Gasteiger charge is -2.30. The highest BCUT2D eigenvalue weighted by Crippen LogP contribution is 2.30. The van der Waals surface area contributed by atoms with Crippen molar-refractivity contribution in [3.05, 3.63) is 10.6 Å². The Morgan fingerprint density at radius 3 is 3.00 bits per heavy atom. The molecule has 0 radical (unpaired) electrons. The van der Waals surface area contributed by atoms with E-state index in [-0.39, 0.29) is 0 Å². The van der Waals surface area contributed by atoms with E-state index in [1.807, 2.05) is 0 Å². The second kappa shape index (κ2) is 6.07. The molecule has 1 saturated heterocycles. The van der Waals surface area contributed by atoms with Gasteiger partial charge in [-0.2, -0.15) is 11.8 Å². The summed E-state index contributed by atoms with van der Waals surface area (Å²) in [4.78, 5) is 8.48. The van der Waals surface area contributed by atoms with Crippen LogP contribution >= 0.6 is 23.1 Å². The summed E-state index contributed by atoms with van der Waals surface area (Å²) in [5.74, 6) is 1.21. The van der Waals surface area contributed by atoms with Gasteiger partial charge in [-0.3, -0.25) is 0 Å². The predicted molar refractivity (Wildman–Crippen MR) is 78.1 cm³/mol. The van der Waals surface area contributed by atoms with Crippen LogP contribution in [0.4, 0.5) is 5.13 Å². The molecule has 96 valence electrons. The summed E-state index contributed by atoms with van der Waals surface area (Å²) < 4.78 is 0. The molecule has 17 heavy (non-hydrogen) atoms. The van der Waals surface area contributed by atoms with Gasteiger partial charge in [-0.15, -0.1) is 11.3 Å². The molecule has 1 fully saturated rings. The minimum Gasteiger partial charge on any atom is -0.346 e. The Hall–Kier alpha value is -0.260. The topological polar surface area (TPSA) is 42.2 Å². The maximum atomic E-state index is 5.80. The summed E-state index contributed by atoms with van der Waals surface area (Å²) in [5.41, 5.74) is 7.02. The number of thioether (sulfide) groups is 1. The van der Waals surface area contributed by atoms with Crippen LogP contribution in [0.5, 0.6) is 0 Å². The number of hydrogen-bond acceptors (Lipinski definition) is 5. The molecule has 2 rings (SSSR count). The molecule has 2 N–H and O–H groups in total. The fraction of sp³-hybridized carbons (Fsp3) is 0.750. The quantitative estimate of drug-likeness (QED) is 0.913. The molecule has 5 heteroatoms. The van der Waals surface area contributed by atoms with Gasteiger partial charge >= 0.3 is 0 Å². The normalized spacial score (nSPS) is 20.9. The van der Waals surface area contributed by atoms with Gasteiger partial charge in [-0.05, 0) is 6.42 Å². The molecule has 1 aromatic heterocycles. The van der Waals surface area contributed by atoms with E-state index in [1.54, 1.807) is 11.3 Å². The standard InChI is InChI=1S/C12H21N3S2/c1-3-4-10-11(7-13)17-12(14-10)15-5-6-16-9(2)8-15/h9H,3-8,13H2,1-2H3. The molecule has 1 aliphatic heterocycles. The Morgan fingerprint density at radius 2 is 2.35 bits per heavy atom. The van der Waals surface area contributed by atoms with Gasteiger partial charge in [-0.25, -0.2) is 4.98 Å². The average molecular weight is 271 g/mol. The summed E-state index contributed by atoms with van der Waals surface area (Å²) in [5, 5.41) is 1.89. The van der Waals surface area contributed by atoms with E-state index >= 15 is 0 Å². The molecule has 0 aromatic carbocycles. The molecular weight excluding hydrogens is 250 g/mol. The Kier molecular flexibility index (Phi) is 4.70. The lowest BCUT2D eigenvalue weighted by molar-refractivity contribution is 0.773. The monoisotopic (exact) mass is 271 g/mol. The van der Waals surface area contributed by atoms with Gasteiger partial charge < -0.3 is 10.6 Å².